The van der Waals surface area contributed by atoms with Gasteiger partial charge < -0.3 is 9.30 Å². The first-order valence-corrected chi connectivity index (χ1v) is 8.90. The maximum absolute atomic E-state index is 11.7. The van der Waals surface area contributed by atoms with Crippen LogP contribution in [-0.4, -0.2) is 27.6 Å². The van der Waals surface area contributed by atoms with Crippen molar-refractivity contribution in [1.82, 2.24) is 14.5 Å². The highest BCUT2D eigenvalue weighted by Crippen LogP contribution is 2.35. The number of carbonyl (C=O) groups is 1. The van der Waals surface area contributed by atoms with Gasteiger partial charge in [-0.05, 0) is 24.3 Å². The minimum Gasteiger partial charge on any atom is -0.465 e. The normalized spacial score (nSPS) is 10.6. The van der Waals surface area contributed by atoms with Crippen molar-refractivity contribution in [3.8, 4) is 33.9 Å². The molecule has 0 fully saturated rings. The van der Waals surface area contributed by atoms with E-state index in [9.17, 15) is 4.79 Å². The lowest BCUT2D eigenvalue weighted by molar-refractivity contribution is 0.0601. The molecule has 28 heavy (non-hydrogen) atoms. The van der Waals surface area contributed by atoms with Gasteiger partial charge in [0.1, 0.15) is 5.82 Å². The number of hydrogen-bond acceptors (Lipinski definition) is 4. The summed E-state index contributed by atoms with van der Waals surface area (Å²) >= 11 is 0. The predicted molar refractivity (Wildman–Crippen MR) is 109 cm³/mol. The first-order chi connectivity index (χ1) is 13.7. The van der Waals surface area contributed by atoms with Gasteiger partial charge in [-0.2, -0.15) is 0 Å². The first kappa shape index (κ1) is 17.7. The predicted octanol–water partition coefficient (Wildman–Crippen LogP) is 4.60. The van der Waals surface area contributed by atoms with Crippen LogP contribution in [-0.2, 0) is 11.8 Å². The van der Waals surface area contributed by atoms with Crippen molar-refractivity contribution in [3.05, 3.63) is 84.7 Å². The SMILES string of the molecule is COC(=O)c1ccc(-c2nc(-c3ccccc3)c(-c3ccncc3)n2C)cc1. The molecule has 2 aromatic heterocycles. The third-order valence-corrected chi connectivity index (χ3v) is 4.66. The van der Waals surface area contributed by atoms with Gasteiger partial charge in [-0.15, -0.1) is 0 Å². The molecule has 0 aliphatic carbocycles. The van der Waals surface area contributed by atoms with E-state index in [0.29, 0.717) is 5.56 Å². The number of imidazole rings is 1. The molecule has 0 atom stereocenters. The molecule has 5 nitrogen and oxygen atoms in total. The largest absolute Gasteiger partial charge is 0.465 e. The zero-order valence-electron chi connectivity index (χ0n) is 15.7. The molecule has 0 unspecified atom stereocenters. The topological polar surface area (TPSA) is 57.0 Å². The maximum Gasteiger partial charge on any atom is 0.337 e. The molecule has 0 N–H and O–H groups in total. The Morgan fingerprint density at radius 3 is 2.18 bits per heavy atom. The van der Waals surface area contributed by atoms with E-state index in [0.717, 1.165) is 33.9 Å². The summed E-state index contributed by atoms with van der Waals surface area (Å²) in [6, 6.07) is 21.4. The highest BCUT2D eigenvalue weighted by molar-refractivity contribution is 5.90. The molecule has 0 aliphatic heterocycles. The molecule has 0 saturated heterocycles. The Morgan fingerprint density at radius 2 is 1.54 bits per heavy atom. The molecule has 4 rings (SSSR count). The molecule has 2 heterocycles. The number of nitrogens with zero attached hydrogens (tertiary/aromatic N) is 3. The molecule has 4 aromatic rings. The monoisotopic (exact) mass is 369 g/mol. The quantitative estimate of drug-likeness (QED) is 0.493. The van der Waals surface area contributed by atoms with Gasteiger partial charge in [0.2, 0.25) is 0 Å². The van der Waals surface area contributed by atoms with Gasteiger partial charge in [0.05, 0.1) is 24.1 Å². The van der Waals surface area contributed by atoms with Gasteiger partial charge in [0.15, 0.2) is 0 Å². The fourth-order valence-corrected chi connectivity index (χ4v) is 3.27. The van der Waals surface area contributed by atoms with Crippen LogP contribution in [0.2, 0.25) is 0 Å². The summed E-state index contributed by atoms with van der Waals surface area (Å²) in [6.07, 6.45) is 3.56. The highest BCUT2D eigenvalue weighted by Gasteiger charge is 2.19. The standard InChI is InChI=1S/C23H19N3O2/c1-26-21(17-12-14-24-15-13-17)20(16-6-4-3-5-7-16)25-22(26)18-8-10-19(11-9-18)23(27)28-2/h3-15H,1-2H3. The lowest BCUT2D eigenvalue weighted by atomic mass is 10.1. The number of rotatable bonds is 4. The molecule has 0 amide bonds. The van der Waals surface area contributed by atoms with Crippen LogP contribution in [0.3, 0.4) is 0 Å². The number of aromatic nitrogens is 3. The van der Waals surface area contributed by atoms with Crippen LogP contribution < -0.4 is 0 Å². The molecule has 0 radical (unpaired) electrons. The summed E-state index contributed by atoms with van der Waals surface area (Å²) in [5, 5.41) is 0. The Bertz CT molecular complexity index is 1100. The summed E-state index contributed by atoms with van der Waals surface area (Å²) in [6.45, 7) is 0. The van der Waals surface area contributed by atoms with Gasteiger partial charge in [0, 0.05) is 36.1 Å². The van der Waals surface area contributed by atoms with Gasteiger partial charge in [0.25, 0.3) is 0 Å². The van der Waals surface area contributed by atoms with E-state index >= 15 is 0 Å². The summed E-state index contributed by atoms with van der Waals surface area (Å²) < 4.78 is 6.85. The lowest BCUT2D eigenvalue weighted by Crippen LogP contribution is -2.01. The van der Waals surface area contributed by atoms with Gasteiger partial charge in [-0.1, -0.05) is 42.5 Å². The van der Waals surface area contributed by atoms with E-state index in [2.05, 4.69) is 21.7 Å². The fourth-order valence-electron chi connectivity index (χ4n) is 3.27. The molecule has 2 aromatic carbocycles. The molecule has 0 saturated carbocycles. The zero-order valence-corrected chi connectivity index (χ0v) is 15.7. The number of pyridine rings is 1. The Labute approximate surface area is 163 Å². The molecular weight excluding hydrogens is 350 g/mol. The molecule has 138 valence electrons. The van der Waals surface area contributed by atoms with Crippen LogP contribution >= 0.6 is 0 Å². The van der Waals surface area contributed by atoms with Crippen molar-refractivity contribution in [1.29, 1.82) is 0 Å². The second kappa shape index (κ2) is 7.48. The second-order valence-corrected chi connectivity index (χ2v) is 6.36. The van der Waals surface area contributed by atoms with Gasteiger partial charge in [-0.25, -0.2) is 9.78 Å². The summed E-state index contributed by atoms with van der Waals surface area (Å²) in [4.78, 5) is 20.8. The van der Waals surface area contributed by atoms with E-state index in [1.54, 1.807) is 24.5 Å². The average molecular weight is 369 g/mol. The highest BCUT2D eigenvalue weighted by atomic mass is 16.5. The van der Waals surface area contributed by atoms with Crippen molar-refractivity contribution in [3.63, 3.8) is 0 Å². The molecular formula is C23H19N3O2. The van der Waals surface area contributed by atoms with E-state index in [1.807, 2.05) is 49.5 Å². The second-order valence-electron chi connectivity index (χ2n) is 6.36. The van der Waals surface area contributed by atoms with E-state index < -0.39 is 0 Å². The van der Waals surface area contributed by atoms with Gasteiger partial charge >= 0.3 is 5.97 Å². The lowest BCUT2D eigenvalue weighted by Gasteiger charge is -2.08. The van der Waals surface area contributed by atoms with E-state index in [-0.39, 0.29) is 5.97 Å². The number of ether oxygens (including phenoxy) is 1. The van der Waals surface area contributed by atoms with Crippen molar-refractivity contribution in [2.45, 2.75) is 0 Å². The number of hydrogen-bond donors (Lipinski definition) is 0. The summed E-state index contributed by atoms with van der Waals surface area (Å²) in [5.74, 6) is 0.468. The first-order valence-electron chi connectivity index (χ1n) is 8.90. The number of benzene rings is 2. The van der Waals surface area contributed by atoms with Crippen LogP contribution in [0.5, 0.6) is 0 Å². The molecule has 0 spiro atoms. The van der Waals surface area contributed by atoms with E-state index in [1.165, 1.54) is 7.11 Å². The van der Waals surface area contributed by atoms with Crippen LogP contribution in [0.15, 0.2) is 79.1 Å². The van der Waals surface area contributed by atoms with Crippen molar-refractivity contribution in [2.75, 3.05) is 7.11 Å². The van der Waals surface area contributed by atoms with Crippen LogP contribution in [0.25, 0.3) is 33.9 Å². The maximum atomic E-state index is 11.7. The van der Waals surface area contributed by atoms with Crippen LogP contribution in [0.1, 0.15) is 10.4 Å². The number of carbonyl (C=O) groups excluding carboxylic acids is 1. The fraction of sp³-hybridized carbons (Fsp3) is 0.0870. The smallest absolute Gasteiger partial charge is 0.337 e. The molecule has 0 bridgehead atoms. The average Bonchev–Trinajstić information content (AvgIpc) is 3.11. The summed E-state index contributed by atoms with van der Waals surface area (Å²) in [7, 11) is 3.38. The van der Waals surface area contributed by atoms with Crippen molar-refractivity contribution >= 4 is 5.97 Å². The van der Waals surface area contributed by atoms with Crippen LogP contribution in [0.4, 0.5) is 0 Å². The minimum absolute atomic E-state index is 0.353. The minimum atomic E-state index is -0.353. The van der Waals surface area contributed by atoms with Gasteiger partial charge in [-0.3, -0.25) is 4.98 Å². The third kappa shape index (κ3) is 3.18. The van der Waals surface area contributed by atoms with E-state index in [4.69, 9.17) is 9.72 Å². The van der Waals surface area contributed by atoms with Crippen molar-refractivity contribution in [2.24, 2.45) is 7.05 Å². The Balaban J connectivity index is 1.88. The Kier molecular flexibility index (Phi) is 4.72. The zero-order chi connectivity index (χ0) is 19.5. The molecule has 0 aliphatic rings. The number of methoxy groups -OCH3 is 1. The number of esters is 1. The molecule has 5 heteroatoms. The Morgan fingerprint density at radius 1 is 0.857 bits per heavy atom. The summed E-state index contributed by atoms with van der Waals surface area (Å²) in [5.41, 5.74) is 5.44. The van der Waals surface area contributed by atoms with Crippen molar-refractivity contribution < 1.29 is 9.53 Å². The third-order valence-electron chi connectivity index (χ3n) is 4.66. The Hall–Kier alpha value is -3.73. The van der Waals surface area contributed by atoms with Crippen LogP contribution in [0, 0.1) is 0 Å².